The highest BCUT2D eigenvalue weighted by atomic mass is 32.1. The molecule has 4 aromatic rings. The number of aromatic nitrogens is 2. The zero-order valence-electron chi connectivity index (χ0n) is 18.0. The van der Waals surface area contributed by atoms with E-state index in [9.17, 15) is 9.90 Å². The molecule has 170 valence electrons. The molecule has 1 aliphatic rings. The Balaban J connectivity index is 1.61. The fourth-order valence-electron chi connectivity index (χ4n) is 3.36. The number of amides is 1. The molecule has 1 aliphatic heterocycles. The maximum Gasteiger partial charge on any atom is 0.262 e. The van der Waals surface area contributed by atoms with Crippen molar-refractivity contribution in [3.63, 3.8) is 0 Å². The Kier molecular flexibility index (Phi) is 5.79. The molecule has 0 atom stereocenters. The average molecular weight is 474 g/mol. The SMILES string of the molecule is COc1cc(C=Nn2c(-c3ccc4c(c3)NC(=O)CO4)csc2=Nc2cccnc2)ccc1O. The molecule has 5 rings (SSSR count). The van der Waals surface area contributed by atoms with E-state index in [-0.39, 0.29) is 18.3 Å². The zero-order chi connectivity index (χ0) is 23.5. The highest BCUT2D eigenvalue weighted by Gasteiger charge is 2.18. The van der Waals surface area contributed by atoms with E-state index in [1.807, 2.05) is 35.7 Å². The minimum absolute atomic E-state index is 0.000672. The van der Waals surface area contributed by atoms with E-state index in [1.54, 1.807) is 41.5 Å². The molecule has 3 heterocycles. The molecule has 34 heavy (non-hydrogen) atoms. The quantitative estimate of drug-likeness (QED) is 0.429. The fraction of sp³-hybridized carbons (Fsp3) is 0.0833. The van der Waals surface area contributed by atoms with Crippen LogP contribution in [0.4, 0.5) is 11.4 Å². The lowest BCUT2D eigenvalue weighted by molar-refractivity contribution is -0.118. The molecule has 1 amide bonds. The summed E-state index contributed by atoms with van der Waals surface area (Å²) in [6, 6.07) is 14.2. The number of nitrogens with zero attached hydrogens (tertiary/aromatic N) is 4. The number of hydrogen-bond acceptors (Lipinski definition) is 8. The number of phenols is 1. The van der Waals surface area contributed by atoms with E-state index in [4.69, 9.17) is 14.5 Å². The first kappa shape index (κ1) is 21.4. The lowest BCUT2D eigenvalue weighted by Gasteiger charge is -2.18. The number of pyridine rings is 1. The van der Waals surface area contributed by atoms with Crippen molar-refractivity contribution in [1.82, 2.24) is 9.66 Å². The standard InChI is InChI=1S/C24H19N5O4S/c1-32-22-9-15(4-6-20(22)30)11-26-29-19(14-34-24(29)27-17-3-2-8-25-12-17)16-5-7-21-18(10-16)28-23(31)13-33-21/h2-12,14,30H,13H2,1H3,(H,28,31). The Bertz CT molecular complexity index is 1460. The second-order valence-corrected chi connectivity index (χ2v) is 8.10. The van der Waals surface area contributed by atoms with Crippen LogP contribution >= 0.6 is 11.3 Å². The van der Waals surface area contributed by atoms with Gasteiger partial charge < -0.3 is 19.9 Å². The van der Waals surface area contributed by atoms with Gasteiger partial charge in [-0.15, -0.1) is 11.3 Å². The van der Waals surface area contributed by atoms with Crippen LogP contribution in [0.5, 0.6) is 17.2 Å². The smallest absolute Gasteiger partial charge is 0.262 e. The Hall–Kier alpha value is -4.44. The van der Waals surface area contributed by atoms with Gasteiger partial charge in [-0.3, -0.25) is 9.78 Å². The van der Waals surface area contributed by atoms with Gasteiger partial charge in [0.2, 0.25) is 4.80 Å². The molecule has 2 N–H and O–H groups in total. The molecule has 0 unspecified atom stereocenters. The number of thiazole rings is 1. The van der Waals surface area contributed by atoms with Crippen molar-refractivity contribution in [2.75, 3.05) is 19.0 Å². The highest BCUT2D eigenvalue weighted by molar-refractivity contribution is 7.07. The normalized spacial score (nSPS) is 13.4. The summed E-state index contributed by atoms with van der Waals surface area (Å²) in [4.78, 5) is 21.2. The molecule has 0 fully saturated rings. The van der Waals surface area contributed by atoms with Crippen LogP contribution in [0.25, 0.3) is 11.3 Å². The fourth-order valence-corrected chi connectivity index (χ4v) is 4.22. The molecule has 0 aliphatic carbocycles. The van der Waals surface area contributed by atoms with Crippen molar-refractivity contribution >= 4 is 34.8 Å². The molecule has 2 aromatic heterocycles. The van der Waals surface area contributed by atoms with Gasteiger partial charge in [-0.2, -0.15) is 5.10 Å². The summed E-state index contributed by atoms with van der Waals surface area (Å²) in [7, 11) is 1.49. The second kappa shape index (κ2) is 9.20. The Morgan fingerprint density at radius 3 is 3.00 bits per heavy atom. The van der Waals surface area contributed by atoms with Gasteiger partial charge in [-0.1, -0.05) is 0 Å². The van der Waals surface area contributed by atoms with Crippen LogP contribution in [-0.2, 0) is 4.79 Å². The van der Waals surface area contributed by atoms with Crippen molar-refractivity contribution in [2.24, 2.45) is 10.1 Å². The van der Waals surface area contributed by atoms with Gasteiger partial charge in [0.1, 0.15) is 5.75 Å². The van der Waals surface area contributed by atoms with Gasteiger partial charge in [0, 0.05) is 17.1 Å². The van der Waals surface area contributed by atoms with Crippen LogP contribution in [0, 0.1) is 0 Å². The summed E-state index contributed by atoms with van der Waals surface area (Å²) >= 11 is 1.42. The van der Waals surface area contributed by atoms with Crippen LogP contribution in [0.1, 0.15) is 5.56 Å². The predicted octanol–water partition coefficient (Wildman–Crippen LogP) is 3.77. The molecule has 0 bridgehead atoms. The number of benzene rings is 2. The molecule has 0 saturated heterocycles. The molecular formula is C24H19N5O4S. The van der Waals surface area contributed by atoms with Gasteiger partial charge in [0.25, 0.3) is 5.91 Å². The minimum Gasteiger partial charge on any atom is -0.504 e. The Morgan fingerprint density at radius 2 is 2.18 bits per heavy atom. The number of phenolic OH excluding ortho intramolecular Hbond substituents is 1. The third-order valence-corrected chi connectivity index (χ3v) is 5.81. The number of anilines is 1. The third-order valence-electron chi connectivity index (χ3n) is 4.99. The maximum absolute atomic E-state index is 11.8. The monoisotopic (exact) mass is 473 g/mol. The van der Waals surface area contributed by atoms with Gasteiger partial charge in [0.05, 0.1) is 36.6 Å². The van der Waals surface area contributed by atoms with Crippen LogP contribution in [0.3, 0.4) is 0 Å². The molecule has 0 radical (unpaired) electrons. The van der Waals surface area contributed by atoms with Crippen LogP contribution in [0.15, 0.2) is 76.4 Å². The van der Waals surface area contributed by atoms with Crippen molar-refractivity contribution in [2.45, 2.75) is 0 Å². The highest BCUT2D eigenvalue weighted by Crippen LogP contribution is 2.33. The second-order valence-electron chi connectivity index (χ2n) is 7.26. The molecule has 2 aromatic carbocycles. The lowest BCUT2D eigenvalue weighted by atomic mass is 10.1. The van der Waals surface area contributed by atoms with E-state index in [2.05, 4.69) is 15.4 Å². The van der Waals surface area contributed by atoms with E-state index < -0.39 is 0 Å². The molecule has 9 nitrogen and oxygen atoms in total. The maximum atomic E-state index is 11.8. The van der Waals surface area contributed by atoms with Crippen LogP contribution < -0.4 is 19.6 Å². The predicted molar refractivity (Wildman–Crippen MR) is 129 cm³/mol. The lowest BCUT2D eigenvalue weighted by Crippen LogP contribution is -2.25. The zero-order valence-corrected chi connectivity index (χ0v) is 18.8. The summed E-state index contributed by atoms with van der Waals surface area (Å²) < 4.78 is 12.4. The number of carbonyl (C=O) groups is 1. The topological polar surface area (TPSA) is 110 Å². The van der Waals surface area contributed by atoms with Gasteiger partial charge in [-0.05, 0) is 54.1 Å². The van der Waals surface area contributed by atoms with E-state index in [0.29, 0.717) is 27.7 Å². The number of nitrogens with one attached hydrogen (secondary N) is 1. The first-order valence-corrected chi connectivity index (χ1v) is 11.1. The van der Waals surface area contributed by atoms with Gasteiger partial charge in [0.15, 0.2) is 18.1 Å². The molecule has 10 heteroatoms. The summed E-state index contributed by atoms with van der Waals surface area (Å²) in [5.41, 5.74) is 3.63. The first-order valence-electron chi connectivity index (χ1n) is 10.2. The Morgan fingerprint density at radius 1 is 1.26 bits per heavy atom. The number of fused-ring (bicyclic) bond motifs is 1. The number of carbonyl (C=O) groups excluding carboxylic acids is 1. The molecule has 0 saturated carbocycles. The summed E-state index contributed by atoms with van der Waals surface area (Å²) in [5, 5.41) is 19.3. The molecular weight excluding hydrogens is 454 g/mol. The number of rotatable bonds is 5. The largest absolute Gasteiger partial charge is 0.504 e. The Labute approximate surface area is 198 Å². The van der Waals surface area contributed by atoms with Gasteiger partial charge in [-0.25, -0.2) is 9.67 Å². The third kappa shape index (κ3) is 4.39. The summed E-state index contributed by atoms with van der Waals surface area (Å²) in [5.74, 6) is 0.818. The average Bonchev–Trinajstić information content (AvgIpc) is 3.25. The summed E-state index contributed by atoms with van der Waals surface area (Å²) in [6.45, 7) is -0.000672. The van der Waals surface area contributed by atoms with E-state index in [1.165, 1.54) is 18.4 Å². The van der Waals surface area contributed by atoms with Crippen LogP contribution in [-0.4, -0.2) is 40.6 Å². The van der Waals surface area contributed by atoms with E-state index >= 15 is 0 Å². The van der Waals surface area contributed by atoms with Crippen molar-refractivity contribution < 1.29 is 19.4 Å². The van der Waals surface area contributed by atoms with Crippen molar-refractivity contribution in [3.8, 4) is 28.5 Å². The number of aromatic hydroxyl groups is 1. The van der Waals surface area contributed by atoms with E-state index in [0.717, 1.165) is 16.8 Å². The number of ether oxygens (including phenoxy) is 2. The van der Waals surface area contributed by atoms with Crippen molar-refractivity contribution in [3.05, 3.63) is 76.7 Å². The minimum atomic E-state index is -0.200. The number of hydrogen-bond donors (Lipinski definition) is 2. The number of methoxy groups -OCH3 is 1. The first-order chi connectivity index (χ1) is 16.6. The molecule has 0 spiro atoms. The van der Waals surface area contributed by atoms with Crippen LogP contribution in [0.2, 0.25) is 0 Å². The van der Waals surface area contributed by atoms with Gasteiger partial charge >= 0.3 is 0 Å². The summed E-state index contributed by atoms with van der Waals surface area (Å²) in [6.07, 6.45) is 5.01. The van der Waals surface area contributed by atoms with Crippen molar-refractivity contribution in [1.29, 1.82) is 0 Å².